The van der Waals surface area contributed by atoms with Gasteiger partial charge >= 0.3 is 0 Å². The fourth-order valence-electron chi connectivity index (χ4n) is 1.90. The van der Waals surface area contributed by atoms with Crippen LogP contribution in [0.2, 0.25) is 0 Å². The van der Waals surface area contributed by atoms with Gasteiger partial charge in [0.25, 0.3) is 0 Å². The number of Topliss-reactive ketones (excluding diaryl/α,β-unsaturated/α-hetero) is 1. The van der Waals surface area contributed by atoms with Crippen molar-refractivity contribution >= 4 is 5.78 Å². The minimum absolute atomic E-state index is 0.211. The van der Waals surface area contributed by atoms with Crippen molar-refractivity contribution in [2.75, 3.05) is 7.05 Å². The summed E-state index contributed by atoms with van der Waals surface area (Å²) < 4.78 is 0. The molecule has 1 rings (SSSR count). The van der Waals surface area contributed by atoms with E-state index in [1.807, 2.05) is 7.05 Å². The predicted octanol–water partition coefficient (Wildman–Crippen LogP) is 1.35. The first-order valence-electron chi connectivity index (χ1n) is 4.22. The quantitative estimate of drug-likeness (QED) is 0.619. The molecule has 2 heteroatoms. The average molecular weight is 155 g/mol. The van der Waals surface area contributed by atoms with Gasteiger partial charge in [-0.25, -0.2) is 0 Å². The van der Waals surface area contributed by atoms with Gasteiger partial charge in [-0.3, -0.25) is 4.79 Å². The van der Waals surface area contributed by atoms with Crippen LogP contribution in [-0.2, 0) is 4.79 Å². The molecule has 0 heterocycles. The van der Waals surface area contributed by atoms with E-state index >= 15 is 0 Å². The molecule has 0 aromatic heterocycles. The Labute approximate surface area is 68.4 Å². The van der Waals surface area contributed by atoms with Gasteiger partial charge in [0.05, 0.1) is 0 Å². The van der Waals surface area contributed by atoms with E-state index in [0.717, 1.165) is 19.3 Å². The molecule has 1 atom stereocenters. The number of carbonyl (C=O) groups excluding carboxylic acids is 1. The minimum Gasteiger partial charge on any atom is -0.317 e. The highest BCUT2D eigenvalue weighted by Crippen LogP contribution is 2.32. The number of carbonyl (C=O) groups is 1. The van der Waals surface area contributed by atoms with E-state index in [2.05, 4.69) is 19.2 Å². The standard InChI is InChI=1S/C9H17NO/c1-9(2)5-7(10-3)4-8(11)6-9/h7,10H,4-6H2,1-3H3. The molecule has 0 saturated heterocycles. The van der Waals surface area contributed by atoms with Gasteiger partial charge in [0.1, 0.15) is 5.78 Å². The molecule has 0 aliphatic heterocycles. The summed E-state index contributed by atoms with van der Waals surface area (Å²) in [5, 5.41) is 3.17. The third kappa shape index (κ3) is 2.29. The van der Waals surface area contributed by atoms with Crippen LogP contribution >= 0.6 is 0 Å². The second kappa shape index (κ2) is 2.94. The Kier molecular flexibility index (Phi) is 2.33. The van der Waals surface area contributed by atoms with Gasteiger partial charge in [0.2, 0.25) is 0 Å². The van der Waals surface area contributed by atoms with Gasteiger partial charge in [-0.1, -0.05) is 13.8 Å². The summed E-state index contributed by atoms with van der Waals surface area (Å²) >= 11 is 0. The molecule has 1 unspecified atom stereocenters. The summed E-state index contributed by atoms with van der Waals surface area (Å²) in [6.07, 6.45) is 2.60. The first-order valence-corrected chi connectivity index (χ1v) is 4.22. The van der Waals surface area contributed by atoms with Crippen LogP contribution in [0.3, 0.4) is 0 Å². The highest BCUT2D eigenvalue weighted by molar-refractivity contribution is 5.80. The van der Waals surface area contributed by atoms with Crippen molar-refractivity contribution in [2.45, 2.75) is 39.2 Å². The van der Waals surface area contributed by atoms with Crippen molar-refractivity contribution in [3.05, 3.63) is 0 Å². The van der Waals surface area contributed by atoms with Crippen molar-refractivity contribution in [3.8, 4) is 0 Å². The molecule has 0 spiro atoms. The van der Waals surface area contributed by atoms with E-state index in [4.69, 9.17) is 0 Å². The molecule has 0 aromatic carbocycles. The Hall–Kier alpha value is -0.370. The van der Waals surface area contributed by atoms with E-state index in [1.54, 1.807) is 0 Å². The van der Waals surface area contributed by atoms with Crippen molar-refractivity contribution < 1.29 is 4.79 Å². The van der Waals surface area contributed by atoms with E-state index in [-0.39, 0.29) is 5.41 Å². The van der Waals surface area contributed by atoms with E-state index in [1.165, 1.54) is 0 Å². The normalized spacial score (nSPS) is 30.5. The highest BCUT2D eigenvalue weighted by atomic mass is 16.1. The van der Waals surface area contributed by atoms with Crippen LogP contribution in [0.25, 0.3) is 0 Å². The van der Waals surface area contributed by atoms with Crippen LogP contribution in [0.4, 0.5) is 0 Å². The lowest BCUT2D eigenvalue weighted by Crippen LogP contribution is -2.39. The van der Waals surface area contributed by atoms with Crippen LogP contribution in [0.15, 0.2) is 0 Å². The van der Waals surface area contributed by atoms with Gasteiger partial charge in [0.15, 0.2) is 0 Å². The molecular formula is C9H17NO. The molecule has 64 valence electrons. The van der Waals surface area contributed by atoms with E-state index in [9.17, 15) is 4.79 Å². The van der Waals surface area contributed by atoms with Gasteiger partial charge < -0.3 is 5.32 Å². The zero-order valence-electron chi connectivity index (χ0n) is 7.61. The molecule has 1 aliphatic rings. The maximum Gasteiger partial charge on any atom is 0.134 e. The molecule has 0 aromatic rings. The Morgan fingerprint density at radius 3 is 2.64 bits per heavy atom. The first kappa shape index (κ1) is 8.72. The zero-order valence-corrected chi connectivity index (χ0v) is 7.61. The lowest BCUT2D eigenvalue weighted by atomic mass is 9.74. The zero-order chi connectivity index (χ0) is 8.48. The summed E-state index contributed by atoms with van der Waals surface area (Å²) in [5.41, 5.74) is 0.211. The summed E-state index contributed by atoms with van der Waals surface area (Å²) in [7, 11) is 1.93. The lowest BCUT2D eigenvalue weighted by Gasteiger charge is -2.33. The maximum atomic E-state index is 11.2. The second-order valence-electron chi connectivity index (χ2n) is 4.27. The number of hydrogen-bond acceptors (Lipinski definition) is 2. The molecule has 1 aliphatic carbocycles. The largest absolute Gasteiger partial charge is 0.317 e. The molecule has 11 heavy (non-hydrogen) atoms. The maximum absolute atomic E-state index is 11.2. The van der Waals surface area contributed by atoms with Crippen LogP contribution in [0.5, 0.6) is 0 Å². The van der Waals surface area contributed by atoms with Crippen LogP contribution in [0, 0.1) is 5.41 Å². The molecule has 0 bridgehead atoms. The van der Waals surface area contributed by atoms with E-state index < -0.39 is 0 Å². The van der Waals surface area contributed by atoms with Crippen LogP contribution in [0.1, 0.15) is 33.1 Å². The van der Waals surface area contributed by atoms with Gasteiger partial charge in [-0.05, 0) is 18.9 Å². The molecule has 1 fully saturated rings. The van der Waals surface area contributed by atoms with Gasteiger partial charge in [0, 0.05) is 18.9 Å². The predicted molar refractivity (Wildman–Crippen MR) is 45.5 cm³/mol. The minimum atomic E-state index is 0.211. The fourth-order valence-corrected chi connectivity index (χ4v) is 1.90. The Bertz CT molecular complexity index is 163. The van der Waals surface area contributed by atoms with Gasteiger partial charge in [-0.2, -0.15) is 0 Å². The Balaban J connectivity index is 2.58. The van der Waals surface area contributed by atoms with Crippen molar-refractivity contribution in [2.24, 2.45) is 5.41 Å². The second-order valence-corrected chi connectivity index (χ2v) is 4.27. The molecule has 0 radical (unpaired) electrons. The SMILES string of the molecule is CNC1CC(=O)CC(C)(C)C1. The van der Waals surface area contributed by atoms with Gasteiger partial charge in [-0.15, -0.1) is 0 Å². The number of ketones is 1. The fraction of sp³-hybridized carbons (Fsp3) is 0.889. The summed E-state index contributed by atoms with van der Waals surface area (Å²) in [5.74, 6) is 0.403. The molecule has 1 saturated carbocycles. The molecule has 2 nitrogen and oxygen atoms in total. The van der Waals surface area contributed by atoms with Crippen LogP contribution < -0.4 is 5.32 Å². The topological polar surface area (TPSA) is 29.1 Å². The molecular weight excluding hydrogens is 138 g/mol. The highest BCUT2D eigenvalue weighted by Gasteiger charge is 2.31. The van der Waals surface area contributed by atoms with Crippen LogP contribution in [-0.4, -0.2) is 18.9 Å². The van der Waals surface area contributed by atoms with E-state index in [0.29, 0.717) is 11.8 Å². The molecule has 1 N–H and O–H groups in total. The summed E-state index contributed by atoms with van der Waals surface area (Å²) in [6.45, 7) is 4.32. The third-order valence-corrected chi connectivity index (χ3v) is 2.36. The Morgan fingerprint density at radius 1 is 1.55 bits per heavy atom. The first-order chi connectivity index (χ1) is 5.03. The summed E-state index contributed by atoms with van der Waals surface area (Å²) in [4.78, 5) is 11.2. The monoisotopic (exact) mass is 155 g/mol. The van der Waals surface area contributed by atoms with Crippen molar-refractivity contribution in [1.29, 1.82) is 0 Å². The number of nitrogens with one attached hydrogen (secondary N) is 1. The number of hydrogen-bond donors (Lipinski definition) is 1. The van der Waals surface area contributed by atoms with Crippen molar-refractivity contribution in [1.82, 2.24) is 5.32 Å². The molecule has 0 amide bonds. The average Bonchev–Trinajstić information content (AvgIpc) is 1.83. The lowest BCUT2D eigenvalue weighted by molar-refractivity contribution is -0.123. The smallest absolute Gasteiger partial charge is 0.134 e. The van der Waals surface area contributed by atoms with Crippen molar-refractivity contribution in [3.63, 3.8) is 0 Å². The number of rotatable bonds is 1. The summed E-state index contributed by atoms with van der Waals surface area (Å²) in [6, 6.07) is 0.409. The Morgan fingerprint density at radius 2 is 2.18 bits per heavy atom. The third-order valence-electron chi connectivity index (χ3n) is 2.36.